The summed E-state index contributed by atoms with van der Waals surface area (Å²) in [6.07, 6.45) is 4.35. The molecule has 3 nitrogen and oxygen atoms in total. The van der Waals surface area contributed by atoms with Crippen LogP contribution in [0.3, 0.4) is 0 Å². The molecule has 0 aromatic heterocycles. The van der Waals surface area contributed by atoms with E-state index in [4.69, 9.17) is 10.00 Å². The second kappa shape index (κ2) is 7.47. The van der Waals surface area contributed by atoms with Crippen LogP contribution in [0.2, 0.25) is 0 Å². The lowest BCUT2D eigenvalue weighted by Crippen LogP contribution is -2.30. The zero-order valence-electron chi connectivity index (χ0n) is 13.3. The average Bonchev–Trinajstić information content (AvgIpc) is 2.62. The lowest BCUT2D eigenvalue weighted by atomic mass is 9.85. The molecule has 0 saturated carbocycles. The van der Waals surface area contributed by atoms with Gasteiger partial charge in [0.25, 0.3) is 0 Å². The molecule has 0 bridgehead atoms. The molecule has 0 atom stereocenters. The average molecular weight is 286 g/mol. The Morgan fingerprint density at radius 1 is 1.19 bits per heavy atom. The lowest BCUT2D eigenvalue weighted by Gasteiger charge is -2.23. The molecule has 3 heteroatoms. The topological polar surface area (TPSA) is 36.3 Å². The van der Waals surface area contributed by atoms with Gasteiger partial charge in [-0.25, -0.2) is 0 Å². The van der Waals surface area contributed by atoms with Crippen molar-refractivity contribution in [3.8, 4) is 11.8 Å². The normalized spacial score (nSPS) is 18.7. The van der Waals surface area contributed by atoms with Gasteiger partial charge < -0.3 is 4.74 Å². The molecule has 2 rings (SSSR count). The van der Waals surface area contributed by atoms with E-state index in [2.05, 4.69) is 24.8 Å². The minimum absolute atomic E-state index is 0.462. The summed E-state index contributed by atoms with van der Waals surface area (Å²) in [5.41, 5.74) is 1.53. The number of ether oxygens (including phenoxy) is 1. The Balaban J connectivity index is 1.73. The Morgan fingerprint density at radius 2 is 1.95 bits per heavy atom. The third-order valence-corrected chi connectivity index (χ3v) is 4.32. The Morgan fingerprint density at radius 3 is 2.67 bits per heavy atom. The summed E-state index contributed by atoms with van der Waals surface area (Å²) in [7, 11) is 0. The standard InChI is InChI=1S/C18H26N2O/c1-18(2)9-3-12-20(13-10-18)14-15-21-17-6-4-16(5-7-17)8-11-19/h4-7H,3,8-10,12-15H2,1-2H3. The summed E-state index contributed by atoms with van der Waals surface area (Å²) in [6.45, 7) is 8.84. The van der Waals surface area contributed by atoms with Gasteiger partial charge in [0, 0.05) is 6.54 Å². The fraction of sp³-hybridized carbons (Fsp3) is 0.611. The molecule has 0 aliphatic carbocycles. The van der Waals surface area contributed by atoms with Crippen LogP contribution in [-0.4, -0.2) is 31.1 Å². The number of nitrogens with zero attached hydrogens (tertiary/aromatic N) is 2. The highest BCUT2D eigenvalue weighted by Gasteiger charge is 2.22. The van der Waals surface area contributed by atoms with Crippen molar-refractivity contribution < 1.29 is 4.74 Å². The Bertz CT molecular complexity index is 473. The van der Waals surface area contributed by atoms with Crippen LogP contribution in [0, 0.1) is 16.7 Å². The van der Waals surface area contributed by atoms with E-state index in [1.165, 1.54) is 32.4 Å². The maximum Gasteiger partial charge on any atom is 0.119 e. The minimum atomic E-state index is 0.462. The molecule has 0 spiro atoms. The van der Waals surface area contributed by atoms with Crippen LogP contribution in [0.4, 0.5) is 0 Å². The van der Waals surface area contributed by atoms with Crippen LogP contribution in [0.1, 0.15) is 38.7 Å². The van der Waals surface area contributed by atoms with Crippen LogP contribution in [-0.2, 0) is 6.42 Å². The van der Waals surface area contributed by atoms with Gasteiger partial charge in [0.1, 0.15) is 12.4 Å². The second-order valence-electron chi connectivity index (χ2n) is 6.69. The molecule has 0 N–H and O–H groups in total. The Labute approximate surface area is 128 Å². The SMILES string of the molecule is CC1(C)CCCN(CCOc2ccc(CC#N)cc2)CC1. The van der Waals surface area contributed by atoms with Gasteiger partial charge in [-0.3, -0.25) is 4.90 Å². The zero-order valence-corrected chi connectivity index (χ0v) is 13.3. The van der Waals surface area contributed by atoms with Crippen LogP contribution in [0.25, 0.3) is 0 Å². The first-order chi connectivity index (χ1) is 10.1. The predicted molar refractivity (Wildman–Crippen MR) is 85.3 cm³/mol. The third-order valence-electron chi connectivity index (χ3n) is 4.32. The molecule has 1 aliphatic heterocycles. The molecular weight excluding hydrogens is 260 g/mol. The number of hydrogen-bond acceptors (Lipinski definition) is 3. The fourth-order valence-corrected chi connectivity index (χ4v) is 2.79. The summed E-state index contributed by atoms with van der Waals surface area (Å²) in [6, 6.07) is 10.00. The molecule has 0 radical (unpaired) electrons. The number of benzene rings is 1. The Hall–Kier alpha value is -1.53. The molecule has 1 aromatic rings. The highest BCUT2D eigenvalue weighted by atomic mass is 16.5. The molecular formula is C18H26N2O. The summed E-state index contributed by atoms with van der Waals surface area (Å²) in [5, 5.41) is 8.65. The van der Waals surface area contributed by atoms with Crippen LogP contribution in [0.15, 0.2) is 24.3 Å². The molecule has 1 heterocycles. The second-order valence-corrected chi connectivity index (χ2v) is 6.69. The summed E-state index contributed by atoms with van der Waals surface area (Å²) >= 11 is 0. The van der Waals surface area contributed by atoms with E-state index in [9.17, 15) is 0 Å². The van der Waals surface area contributed by atoms with Gasteiger partial charge in [0.15, 0.2) is 0 Å². The fourth-order valence-electron chi connectivity index (χ4n) is 2.79. The van der Waals surface area contributed by atoms with Gasteiger partial charge in [-0.05, 0) is 55.5 Å². The van der Waals surface area contributed by atoms with Crippen LogP contribution < -0.4 is 4.74 Å². The van der Waals surface area contributed by atoms with E-state index < -0.39 is 0 Å². The first-order valence-electron chi connectivity index (χ1n) is 7.90. The van der Waals surface area contributed by atoms with Gasteiger partial charge in [0.2, 0.25) is 0 Å². The minimum Gasteiger partial charge on any atom is -0.492 e. The van der Waals surface area contributed by atoms with Crippen molar-refractivity contribution in [1.29, 1.82) is 5.26 Å². The number of rotatable bonds is 5. The van der Waals surface area contributed by atoms with Crippen LogP contribution in [0.5, 0.6) is 5.75 Å². The quantitative estimate of drug-likeness (QED) is 0.829. The van der Waals surface area contributed by atoms with Gasteiger partial charge >= 0.3 is 0 Å². The zero-order chi connectivity index (χ0) is 15.1. The molecule has 114 valence electrons. The molecule has 1 aliphatic rings. The smallest absolute Gasteiger partial charge is 0.119 e. The third kappa shape index (κ3) is 5.40. The first kappa shape index (κ1) is 15.9. The highest BCUT2D eigenvalue weighted by molar-refractivity contribution is 5.28. The van der Waals surface area contributed by atoms with Gasteiger partial charge in [-0.1, -0.05) is 26.0 Å². The van der Waals surface area contributed by atoms with E-state index >= 15 is 0 Å². The highest BCUT2D eigenvalue weighted by Crippen LogP contribution is 2.29. The first-order valence-corrected chi connectivity index (χ1v) is 7.90. The van der Waals surface area contributed by atoms with Gasteiger partial charge in [-0.15, -0.1) is 0 Å². The monoisotopic (exact) mass is 286 g/mol. The van der Waals surface area contributed by atoms with Gasteiger partial charge in [-0.2, -0.15) is 5.26 Å². The molecule has 0 unspecified atom stereocenters. The molecule has 1 aromatic carbocycles. The molecule has 1 saturated heterocycles. The maximum absolute atomic E-state index is 8.65. The molecule has 21 heavy (non-hydrogen) atoms. The largest absolute Gasteiger partial charge is 0.492 e. The number of nitriles is 1. The van der Waals surface area contributed by atoms with E-state index in [1.807, 2.05) is 24.3 Å². The van der Waals surface area contributed by atoms with Crippen molar-refractivity contribution in [2.75, 3.05) is 26.2 Å². The Kier molecular flexibility index (Phi) is 5.64. The summed E-state index contributed by atoms with van der Waals surface area (Å²) in [5.74, 6) is 0.895. The van der Waals surface area contributed by atoms with E-state index in [1.54, 1.807) is 0 Å². The lowest BCUT2D eigenvalue weighted by molar-refractivity contribution is 0.207. The van der Waals surface area contributed by atoms with E-state index in [-0.39, 0.29) is 0 Å². The van der Waals surface area contributed by atoms with Crippen LogP contribution >= 0.6 is 0 Å². The van der Waals surface area contributed by atoms with E-state index in [0.717, 1.165) is 24.5 Å². The predicted octanol–water partition coefficient (Wildman–Crippen LogP) is 3.64. The van der Waals surface area contributed by atoms with Crippen molar-refractivity contribution in [2.24, 2.45) is 5.41 Å². The van der Waals surface area contributed by atoms with Crippen molar-refractivity contribution >= 4 is 0 Å². The van der Waals surface area contributed by atoms with Gasteiger partial charge in [0.05, 0.1) is 12.5 Å². The van der Waals surface area contributed by atoms with E-state index in [0.29, 0.717) is 11.8 Å². The van der Waals surface area contributed by atoms with Crippen molar-refractivity contribution in [2.45, 2.75) is 39.5 Å². The summed E-state index contributed by atoms with van der Waals surface area (Å²) in [4.78, 5) is 2.51. The summed E-state index contributed by atoms with van der Waals surface area (Å²) < 4.78 is 5.81. The maximum atomic E-state index is 8.65. The number of likely N-dealkylation sites (tertiary alicyclic amines) is 1. The molecule has 0 amide bonds. The van der Waals surface area contributed by atoms with Crippen molar-refractivity contribution in [1.82, 2.24) is 4.90 Å². The van der Waals surface area contributed by atoms with Crippen molar-refractivity contribution in [3.63, 3.8) is 0 Å². The van der Waals surface area contributed by atoms with Crippen molar-refractivity contribution in [3.05, 3.63) is 29.8 Å². The molecule has 1 fully saturated rings. The number of hydrogen-bond donors (Lipinski definition) is 0.